The first kappa shape index (κ1) is 20.0. The van der Waals surface area contributed by atoms with E-state index < -0.39 is 0 Å². The van der Waals surface area contributed by atoms with Gasteiger partial charge in [0.05, 0.1) is 23.2 Å². The van der Waals surface area contributed by atoms with Gasteiger partial charge in [0.15, 0.2) is 5.16 Å². The van der Waals surface area contributed by atoms with Crippen molar-refractivity contribution in [3.63, 3.8) is 0 Å². The number of primary amides is 1. The monoisotopic (exact) mass is 413 g/mol. The van der Waals surface area contributed by atoms with Crippen LogP contribution < -0.4 is 5.73 Å². The summed E-state index contributed by atoms with van der Waals surface area (Å²) in [7, 11) is 0. The van der Waals surface area contributed by atoms with Crippen LogP contribution in [0.3, 0.4) is 0 Å². The average molecular weight is 414 g/mol. The lowest BCUT2D eigenvalue weighted by Gasteiger charge is -2.14. The molecule has 0 aliphatic heterocycles. The summed E-state index contributed by atoms with van der Waals surface area (Å²) in [5, 5.41) is 0.400. The van der Waals surface area contributed by atoms with Crippen LogP contribution in [0, 0.1) is 0 Å². The molecule has 150 valence electrons. The first-order valence-electron chi connectivity index (χ1n) is 9.84. The summed E-state index contributed by atoms with van der Waals surface area (Å²) in [4.78, 5) is 16.8. The molecule has 0 radical (unpaired) electrons. The third-order valence-corrected chi connectivity index (χ3v) is 6.00. The zero-order valence-corrected chi connectivity index (χ0v) is 17.5. The second kappa shape index (κ2) is 9.01. The molecule has 0 bridgehead atoms. The molecule has 1 atom stereocenters. The summed E-state index contributed by atoms with van der Waals surface area (Å²) in [5.74, 6) is -0.350. The fourth-order valence-electron chi connectivity index (χ4n) is 3.34. The zero-order chi connectivity index (χ0) is 20.9. The number of aromatic nitrogens is 2. The lowest BCUT2D eigenvalue weighted by Crippen LogP contribution is -2.23. The highest BCUT2D eigenvalue weighted by Crippen LogP contribution is 2.37. The fourth-order valence-corrected chi connectivity index (χ4v) is 4.20. The van der Waals surface area contributed by atoms with Gasteiger partial charge >= 0.3 is 0 Å². The molecule has 0 spiro atoms. The van der Waals surface area contributed by atoms with E-state index in [0.717, 1.165) is 27.7 Å². The van der Waals surface area contributed by atoms with E-state index in [0.29, 0.717) is 6.54 Å². The van der Waals surface area contributed by atoms with Gasteiger partial charge in [0.25, 0.3) is 0 Å². The van der Waals surface area contributed by atoms with Crippen molar-refractivity contribution in [2.75, 3.05) is 0 Å². The smallest absolute Gasteiger partial charge is 0.230 e. The second-order valence-corrected chi connectivity index (χ2v) is 8.37. The van der Waals surface area contributed by atoms with Gasteiger partial charge in [-0.2, -0.15) is 0 Å². The standard InChI is InChI=1S/C25H23N3OS/c1-18(24(26)29)30-25-27-22(20-13-7-3-8-14-20)23(21-15-9-4-10-16-21)28(25)17-19-11-5-2-6-12-19/h2-16,18H,17H2,1H3,(H2,26,29)/t18-/m0/s1. The van der Waals surface area contributed by atoms with E-state index in [2.05, 4.69) is 41.0 Å². The van der Waals surface area contributed by atoms with Crippen molar-refractivity contribution < 1.29 is 4.79 Å². The summed E-state index contributed by atoms with van der Waals surface area (Å²) >= 11 is 1.40. The highest BCUT2D eigenvalue weighted by molar-refractivity contribution is 8.00. The minimum absolute atomic E-state index is 0.350. The topological polar surface area (TPSA) is 60.9 Å². The van der Waals surface area contributed by atoms with Crippen LogP contribution in [0.15, 0.2) is 96.2 Å². The van der Waals surface area contributed by atoms with Gasteiger partial charge in [-0.3, -0.25) is 4.79 Å². The molecule has 5 heteroatoms. The molecule has 0 saturated carbocycles. The van der Waals surface area contributed by atoms with Gasteiger partial charge in [-0.25, -0.2) is 4.98 Å². The minimum Gasteiger partial charge on any atom is -0.369 e. The number of hydrogen-bond donors (Lipinski definition) is 1. The summed E-state index contributed by atoms with van der Waals surface area (Å²) in [6, 6.07) is 30.7. The molecule has 0 saturated heterocycles. The summed E-state index contributed by atoms with van der Waals surface area (Å²) < 4.78 is 2.19. The van der Waals surface area contributed by atoms with Gasteiger partial charge < -0.3 is 10.3 Å². The van der Waals surface area contributed by atoms with Crippen molar-refractivity contribution in [2.24, 2.45) is 5.73 Å². The molecule has 1 amide bonds. The number of imidazole rings is 1. The van der Waals surface area contributed by atoms with E-state index in [1.165, 1.54) is 17.3 Å². The molecule has 2 N–H and O–H groups in total. The van der Waals surface area contributed by atoms with Crippen molar-refractivity contribution in [1.82, 2.24) is 9.55 Å². The van der Waals surface area contributed by atoms with Gasteiger partial charge in [-0.05, 0) is 12.5 Å². The Morgan fingerprint density at radius 1 is 0.900 bits per heavy atom. The van der Waals surface area contributed by atoms with Crippen molar-refractivity contribution >= 4 is 17.7 Å². The third-order valence-electron chi connectivity index (χ3n) is 4.89. The molecule has 4 aromatic rings. The van der Waals surface area contributed by atoms with Crippen molar-refractivity contribution in [1.29, 1.82) is 0 Å². The first-order valence-corrected chi connectivity index (χ1v) is 10.7. The largest absolute Gasteiger partial charge is 0.369 e. The SMILES string of the molecule is C[C@H](Sc1nc(-c2ccccc2)c(-c2ccccc2)n1Cc1ccccc1)C(N)=O. The molecule has 0 fully saturated rings. The number of amides is 1. The van der Waals surface area contributed by atoms with Crippen LogP contribution in [0.2, 0.25) is 0 Å². The van der Waals surface area contributed by atoms with Crippen LogP contribution in [0.4, 0.5) is 0 Å². The molecule has 1 aromatic heterocycles. The predicted molar refractivity (Wildman–Crippen MR) is 123 cm³/mol. The van der Waals surface area contributed by atoms with Gasteiger partial charge in [0.2, 0.25) is 5.91 Å². The Hall–Kier alpha value is -3.31. The Kier molecular flexibility index (Phi) is 6.00. The Morgan fingerprint density at radius 3 is 2.00 bits per heavy atom. The molecule has 30 heavy (non-hydrogen) atoms. The second-order valence-electron chi connectivity index (χ2n) is 7.06. The molecule has 4 nitrogen and oxygen atoms in total. The molecule has 0 aliphatic carbocycles. The Balaban J connectivity index is 1.93. The van der Waals surface area contributed by atoms with E-state index >= 15 is 0 Å². The number of carbonyl (C=O) groups is 1. The molecular formula is C25H23N3OS. The van der Waals surface area contributed by atoms with E-state index in [4.69, 9.17) is 10.7 Å². The number of benzene rings is 3. The van der Waals surface area contributed by atoms with Crippen LogP contribution in [0.25, 0.3) is 22.5 Å². The average Bonchev–Trinajstić information content (AvgIpc) is 3.13. The Bertz CT molecular complexity index is 1130. The van der Waals surface area contributed by atoms with Crippen molar-refractivity contribution in [3.05, 3.63) is 96.6 Å². The Labute approximate surface area is 180 Å². The lowest BCUT2D eigenvalue weighted by atomic mass is 10.0. The van der Waals surface area contributed by atoms with Gasteiger partial charge in [0.1, 0.15) is 0 Å². The molecular weight excluding hydrogens is 390 g/mol. The van der Waals surface area contributed by atoms with E-state index in [-0.39, 0.29) is 11.2 Å². The maximum absolute atomic E-state index is 11.8. The van der Waals surface area contributed by atoms with Gasteiger partial charge in [-0.15, -0.1) is 0 Å². The fraction of sp³-hybridized carbons (Fsp3) is 0.120. The first-order chi connectivity index (χ1) is 14.6. The van der Waals surface area contributed by atoms with Crippen molar-refractivity contribution in [3.8, 4) is 22.5 Å². The predicted octanol–water partition coefficient (Wildman–Crippen LogP) is 5.23. The number of rotatable bonds is 7. The number of hydrogen-bond acceptors (Lipinski definition) is 3. The van der Waals surface area contributed by atoms with Crippen LogP contribution in [-0.2, 0) is 11.3 Å². The van der Waals surface area contributed by atoms with Crippen LogP contribution in [0.5, 0.6) is 0 Å². The normalized spacial score (nSPS) is 11.9. The Morgan fingerprint density at radius 2 is 1.43 bits per heavy atom. The molecule has 1 heterocycles. The number of carbonyl (C=O) groups excluding carboxylic acids is 1. The molecule has 4 rings (SSSR count). The maximum atomic E-state index is 11.8. The summed E-state index contributed by atoms with van der Waals surface area (Å²) in [6.07, 6.45) is 0. The summed E-state index contributed by atoms with van der Waals surface area (Å²) in [5.41, 5.74) is 10.8. The molecule has 0 aliphatic rings. The van der Waals surface area contributed by atoms with Crippen LogP contribution in [0.1, 0.15) is 12.5 Å². The maximum Gasteiger partial charge on any atom is 0.230 e. The number of nitrogens with two attached hydrogens (primary N) is 1. The van der Waals surface area contributed by atoms with Gasteiger partial charge in [-0.1, -0.05) is 103 Å². The van der Waals surface area contributed by atoms with Gasteiger partial charge in [0, 0.05) is 11.1 Å². The third kappa shape index (κ3) is 4.31. The number of nitrogens with zero attached hydrogens (tertiary/aromatic N) is 2. The van der Waals surface area contributed by atoms with E-state index in [1.807, 2.05) is 61.5 Å². The van der Waals surface area contributed by atoms with Crippen LogP contribution in [-0.4, -0.2) is 20.7 Å². The zero-order valence-electron chi connectivity index (χ0n) is 16.7. The molecule has 3 aromatic carbocycles. The number of thioether (sulfide) groups is 1. The van der Waals surface area contributed by atoms with Crippen LogP contribution >= 0.6 is 11.8 Å². The van der Waals surface area contributed by atoms with E-state index in [1.54, 1.807) is 0 Å². The quantitative estimate of drug-likeness (QED) is 0.422. The highest BCUT2D eigenvalue weighted by atomic mass is 32.2. The minimum atomic E-state index is -0.380. The van der Waals surface area contributed by atoms with E-state index in [9.17, 15) is 4.79 Å². The molecule has 0 unspecified atom stereocenters. The summed E-state index contributed by atoms with van der Waals surface area (Å²) in [6.45, 7) is 2.47. The highest BCUT2D eigenvalue weighted by Gasteiger charge is 2.23. The van der Waals surface area contributed by atoms with Crippen molar-refractivity contribution in [2.45, 2.75) is 23.9 Å². The lowest BCUT2D eigenvalue weighted by molar-refractivity contribution is -0.117.